The molecule has 5 N–H and O–H groups in total. The number of benzene rings is 1. The molecule has 1 aromatic carbocycles. The van der Waals surface area contributed by atoms with Crippen LogP contribution < -0.4 is 15.4 Å². The van der Waals surface area contributed by atoms with Gasteiger partial charge in [-0.1, -0.05) is 0 Å². The first-order valence-electron chi connectivity index (χ1n) is 13.0. The number of aromatic amines is 2. The van der Waals surface area contributed by atoms with E-state index in [4.69, 9.17) is 15.7 Å². The molecule has 0 atom stereocenters. The number of nitrogens with zero attached hydrogens (tertiary/aromatic N) is 7. The van der Waals surface area contributed by atoms with Crippen LogP contribution in [0.4, 0.5) is 10.2 Å². The number of imidazole rings is 1. The van der Waals surface area contributed by atoms with Crippen molar-refractivity contribution in [3.8, 4) is 34.0 Å². The molecule has 6 aromatic rings. The molecule has 42 heavy (non-hydrogen) atoms. The van der Waals surface area contributed by atoms with Crippen LogP contribution in [0.2, 0.25) is 0 Å². The van der Waals surface area contributed by atoms with Gasteiger partial charge in [0.1, 0.15) is 22.8 Å². The number of sulfonamides is 1. The Labute approximate surface area is 238 Å². The molecule has 1 aliphatic rings. The van der Waals surface area contributed by atoms with Crippen molar-refractivity contribution in [2.24, 2.45) is 5.73 Å². The smallest absolute Gasteiger partial charge is 0.209 e. The minimum atomic E-state index is -3.45. The highest BCUT2D eigenvalue weighted by atomic mass is 32.2. The van der Waals surface area contributed by atoms with Crippen LogP contribution in [0.5, 0.6) is 0 Å². The molecular weight excluding hydrogens is 561 g/mol. The summed E-state index contributed by atoms with van der Waals surface area (Å²) in [4.78, 5) is 28.2. The first-order valence-corrected chi connectivity index (χ1v) is 14.9. The number of fused-ring (bicyclic) bond motifs is 2. The van der Waals surface area contributed by atoms with E-state index in [1.807, 2.05) is 6.07 Å². The maximum Gasteiger partial charge on any atom is 0.209 e. The standard InChI is InChI=1S/C27H24FN11O2S/c1-42(40,41)33-8-14-4-15(6-17(28)5-14)23-25-20(2-3-31-23)35-27(36-25)24-19-7-16(9-32-26(19)38-37-24)21-10-30-11-22(34-21)39-12-18(29)13-39/h2-7,9-11,18,33H,8,12-13,29H2,1H3,(H,35,36)(H,32,37,38). The summed E-state index contributed by atoms with van der Waals surface area (Å²) >= 11 is 0. The van der Waals surface area contributed by atoms with E-state index in [0.29, 0.717) is 50.7 Å². The number of aromatic nitrogens is 8. The maximum atomic E-state index is 14.6. The van der Waals surface area contributed by atoms with Gasteiger partial charge in [0.15, 0.2) is 11.5 Å². The van der Waals surface area contributed by atoms with E-state index in [2.05, 4.69) is 39.8 Å². The van der Waals surface area contributed by atoms with Crippen LogP contribution in [0.1, 0.15) is 5.56 Å². The number of anilines is 1. The number of hydrogen-bond donors (Lipinski definition) is 4. The fourth-order valence-electron chi connectivity index (χ4n) is 4.93. The molecule has 1 saturated heterocycles. The summed E-state index contributed by atoms with van der Waals surface area (Å²) < 4.78 is 40.0. The predicted molar refractivity (Wildman–Crippen MR) is 155 cm³/mol. The fraction of sp³-hybridized carbons (Fsp3) is 0.185. The Balaban J connectivity index is 1.26. The Bertz CT molecular complexity index is 2090. The van der Waals surface area contributed by atoms with Crippen molar-refractivity contribution in [2.45, 2.75) is 12.6 Å². The molecule has 0 radical (unpaired) electrons. The monoisotopic (exact) mass is 585 g/mol. The third-order valence-electron chi connectivity index (χ3n) is 6.96. The molecule has 0 amide bonds. The number of nitrogens with one attached hydrogen (secondary N) is 3. The summed E-state index contributed by atoms with van der Waals surface area (Å²) in [6.07, 6.45) is 7.75. The highest BCUT2D eigenvalue weighted by Crippen LogP contribution is 2.32. The molecule has 1 aliphatic heterocycles. The Morgan fingerprint density at radius 2 is 1.93 bits per heavy atom. The first-order chi connectivity index (χ1) is 20.2. The summed E-state index contributed by atoms with van der Waals surface area (Å²) in [5.74, 6) is 0.703. The van der Waals surface area contributed by atoms with Crippen molar-refractivity contribution in [1.82, 2.24) is 44.8 Å². The van der Waals surface area contributed by atoms with Crippen LogP contribution in [0, 0.1) is 5.82 Å². The van der Waals surface area contributed by atoms with Gasteiger partial charge in [-0.05, 0) is 35.9 Å². The minimum absolute atomic E-state index is 0.0567. The molecule has 13 nitrogen and oxygen atoms in total. The van der Waals surface area contributed by atoms with E-state index >= 15 is 0 Å². The van der Waals surface area contributed by atoms with Gasteiger partial charge >= 0.3 is 0 Å². The Morgan fingerprint density at radius 3 is 2.74 bits per heavy atom. The topological polar surface area (TPSA) is 184 Å². The number of H-pyrrole nitrogens is 2. The third-order valence-corrected chi connectivity index (χ3v) is 7.63. The lowest BCUT2D eigenvalue weighted by molar-refractivity contribution is 0.514. The summed E-state index contributed by atoms with van der Waals surface area (Å²) in [6, 6.07) is 8.13. The van der Waals surface area contributed by atoms with Crippen LogP contribution in [-0.2, 0) is 16.6 Å². The zero-order chi connectivity index (χ0) is 29.0. The normalized spacial score (nSPS) is 14.1. The quantitative estimate of drug-likeness (QED) is 0.217. The van der Waals surface area contributed by atoms with Crippen molar-refractivity contribution >= 4 is 37.9 Å². The largest absolute Gasteiger partial charge is 0.352 e. The van der Waals surface area contributed by atoms with Gasteiger partial charge in [0.25, 0.3) is 0 Å². The summed E-state index contributed by atoms with van der Waals surface area (Å²) in [5.41, 5.74) is 11.0. The molecule has 1 fully saturated rings. The second-order valence-corrected chi connectivity index (χ2v) is 12.0. The molecule has 15 heteroatoms. The summed E-state index contributed by atoms with van der Waals surface area (Å²) in [7, 11) is -3.45. The lowest BCUT2D eigenvalue weighted by Gasteiger charge is -2.37. The van der Waals surface area contributed by atoms with E-state index < -0.39 is 15.8 Å². The Morgan fingerprint density at radius 1 is 1.07 bits per heavy atom. The molecule has 212 valence electrons. The highest BCUT2D eigenvalue weighted by molar-refractivity contribution is 7.88. The molecule has 0 unspecified atom stereocenters. The van der Waals surface area contributed by atoms with Crippen LogP contribution >= 0.6 is 0 Å². The molecule has 7 rings (SSSR count). The van der Waals surface area contributed by atoms with Crippen LogP contribution in [-0.4, -0.2) is 73.9 Å². The van der Waals surface area contributed by atoms with Gasteiger partial charge in [0.2, 0.25) is 10.0 Å². The van der Waals surface area contributed by atoms with E-state index in [9.17, 15) is 12.8 Å². The van der Waals surface area contributed by atoms with Crippen molar-refractivity contribution in [1.29, 1.82) is 0 Å². The van der Waals surface area contributed by atoms with Gasteiger partial charge in [-0.25, -0.2) is 32.5 Å². The van der Waals surface area contributed by atoms with Crippen LogP contribution in [0.15, 0.2) is 55.1 Å². The van der Waals surface area contributed by atoms with Crippen molar-refractivity contribution in [3.05, 3.63) is 66.5 Å². The van der Waals surface area contributed by atoms with Crippen LogP contribution in [0.3, 0.4) is 0 Å². The van der Waals surface area contributed by atoms with Gasteiger partial charge < -0.3 is 15.6 Å². The minimum Gasteiger partial charge on any atom is -0.352 e. The lowest BCUT2D eigenvalue weighted by Crippen LogP contribution is -2.56. The molecule has 5 aromatic heterocycles. The third kappa shape index (κ3) is 4.93. The first kappa shape index (κ1) is 26.1. The average Bonchev–Trinajstić information content (AvgIpc) is 3.57. The summed E-state index contributed by atoms with van der Waals surface area (Å²) in [5, 5.41) is 8.14. The van der Waals surface area contributed by atoms with Crippen molar-refractivity contribution < 1.29 is 12.8 Å². The van der Waals surface area contributed by atoms with E-state index in [1.54, 1.807) is 36.9 Å². The molecular formula is C27H24FN11O2S. The SMILES string of the molecule is CS(=O)(=O)NCc1cc(F)cc(-c2nccc3[nH]c(-c4n[nH]c5ncc(-c6cncc(N7CC(N)C7)n6)cc45)nc23)c1. The van der Waals surface area contributed by atoms with Crippen LogP contribution in [0.25, 0.3) is 56.1 Å². The van der Waals surface area contributed by atoms with E-state index in [0.717, 1.165) is 36.1 Å². The molecule has 0 bridgehead atoms. The molecule has 0 spiro atoms. The maximum absolute atomic E-state index is 14.6. The Kier molecular flexibility index (Phi) is 6.14. The second kappa shape index (κ2) is 9.90. The number of nitrogens with two attached hydrogens (primary N) is 1. The van der Waals surface area contributed by atoms with Crippen molar-refractivity contribution in [2.75, 3.05) is 24.2 Å². The van der Waals surface area contributed by atoms with E-state index in [-0.39, 0.29) is 12.6 Å². The van der Waals surface area contributed by atoms with Gasteiger partial charge in [0, 0.05) is 49.2 Å². The average molecular weight is 586 g/mol. The Hall–Kier alpha value is -4.86. The zero-order valence-corrected chi connectivity index (χ0v) is 23.0. The number of rotatable bonds is 7. The predicted octanol–water partition coefficient (Wildman–Crippen LogP) is 2.36. The lowest BCUT2D eigenvalue weighted by atomic mass is 10.1. The zero-order valence-electron chi connectivity index (χ0n) is 22.2. The molecule has 0 saturated carbocycles. The molecule has 0 aliphatic carbocycles. The second-order valence-electron chi connectivity index (χ2n) is 10.2. The fourth-order valence-corrected chi connectivity index (χ4v) is 5.36. The van der Waals surface area contributed by atoms with Gasteiger partial charge in [-0.15, -0.1) is 0 Å². The van der Waals surface area contributed by atoms with Crippen molar-refractivity contribution in [3.63, 3.8) is 0 Å². The van der Waals surface area contributed by atoms with Gasteiger partial charge in [-0.3, -0.25) is 15.1 Å². The van der Waals surface area contributed by atoms with Gasteiger partial charge in [0.05, 0.1) is 40.9 Å². The number of hydrogen-bond acceptors (Lipinski definition) is 10. The van der Waals surface area contributed by atoms with E-state index in [1.165, 1.54) is 12.1 Å². The van der Waals surface area contributed by atoms with Gasteiger partial charge in [-0.2, -0.15) is 5.10 Å². The highest BCUT2D eigenvalue weighted by Gasteiger charge is 2.25. The summed E-state index contributed by atoms with van der Waals surface area (Å²) in [6.45, 7) is 1.41. The number of pyridine rings is 2. The number of halogens is 1. The molecule has 6 heterocycles.